The van der Waals surface area contributed by atoms with E-state index in [4.69, 9.17) is 4.98 Å². The lowest BCUT2D eigenvalue weighted by Gasteiger charge is -2.08. The highest BCUT2D eigenvalue weighted by molar-refractivity contribution is 5.77. The maximum absolute atomic E-state index is 4.73. The fourth-order valence-corrected chi connectivity index (χ4v) is 3.29. The van der Waals surface area contributed by atoms with Crippen LogP contribution in [0.1, 0.15) is 5.56 Å². The van der Waals surface area contributed by atoms with Crippen LogP contribution in [0.2, 0.25) is 0 Å². The molecule has 0 unspecified atom stereocenters. The maximum atomic E-state index is 4.73. The van der Waals surface area contributed by atoms with Crippen molar-refractivity contribution in [3.05, 3.63) is 122 Å². The number of rotatable bonds is 6. The summed E-state index contributed by atoms with van der Waals surface area (Å²) in [5.74, 6) is 1.28. The van der Waals surface area contributed by atoms with Gasteiger partial charge in [-0.05, 0) is 34.4 Å². The highest BCUT2D eigenvalue weighted by Gasteiger charge is 2.09. The van der Waals surface area contributed by atoms with Crippen LogP contribution in [0.5, 0.6) is 0 Å². The fraction of sp³-hybridized carbons (Fsp3) is 0. The maximum Gasteiger partial charge on any atom is 0.163 e. The van der Waals surface area contributed by atoms with Gasteiger partial charge in [0.15, 0.2) is 11.6 Å². The van der Waals surface area contributed by atoms with E-state index in [1.807, 2.05) is 60.7 Å². The molecule has 0 fully saturated rings. The van der Waals surface area contributed by atoms with E-state index in [1.165, 1.54) is 0 Å². The van der Waals surface area contributed by atoms with Crippen molar-refractivity contribution < 1.29 is 0 Å². The lowest BCUT2D eigenvalue weighted by atomic mass is 10.0. The summed E-state index contributed by atoms with van der Waals surface area (Å²) in [5, 5.41) is 0. The van der Waals surface area contributed by atoms with E-state index in [1.54, 1.807) is 12.4 Å². The Kier molecular flexibility index (Phi) is 5.72. The smallest absolute Gasteiger partial charge is 0.163 e. The largest absolute Gasteiger partial charge is 0.217 e. The van der Waals surface area contributed by atoms with Crippen LogP contribution in [0.25, 0.3) is 39.5 Å². The van der Waals surface area contributed by atoms with Gasteiger partial charge in [-0.15, -0.1) is 0 Å². The van der Waals surface area contributed by atoms with Gasteiger partial charge in [0.25, 0.3) is 0 Å². The van der Waals surface area contributed by atoms with Gasteiger partial charge in [-0.25, -0.2) is 15.0 Å². The zero-order valence-electron chi connectivity index (χ0n) is 16.6. The molecule has 4 aromatic rings. The predicted octanol–water partition coefficient (Wildman–Crippen LogP) is 6.63. The van der Waals surface area contributed by atoms with Crippen molar-refractivity contribution >= 4 is 5.57 Å². The van der Waals surface area contributed by atoms with Gasteiger partial charge in [-0.3, -0.25) is 0 Å². The molecular weight excluding hydrogens is 366 g/mol. The summed E-state index contributed by atoms with van der Waals surface area (Å²) in [6, 6.07) is 26.6. The summed E-state index contributed by atoms with van der Waals surface area (Å²) in [5.41, 5.74) is 6.20. The quantitative estimate of drug-likeness (QED) is 0.349. The van der Waals surface area contributed by atoms with E-state index in [0.717, 1.165) is 33.4 Å². The molecule has 30 heavy (non-hydrogen) atoms. The molecule has 3 heteroatoms. The van der Waals surface area contributed by atoms with Crippen molar-refractivity contribution in [1.29, 1.82) is 0 Å². The van der Waals surface area contributed by atoms with Crippen molar-refractivity contribution in [3.8, 4) is 33.9 Å². The molecule has 0 aliphatic heterocycles. The average Bonchev–Trinajstić information content (AvgIpc) is 2.83. The third-order valence-electron chi connectivity index (χ3n) is 4.77. The molecular formula is C27H21N3. The first kappa shape index (κ1) is 19.2. The minimum atomic E-state index is 0.633. The molecule has 144 valence electrons. The fourth-order valence-electron chi connectivity index (χ4n) is 3.29. The monoisotopic (exact) mass is 387 g/mol. The zero-order chi connectivity index (χ0) is 20.8. The third-order valence-corrected chi connectivity index (χ3v) is 4.77. The SMILES string of the molecule is C=C/C=C(\C=C)c1cccc(-c2ncnc(-c3cccc(-c4ccccc4)c3)n2)c1. The molecule has 1 aromatic heterocycles. The van der Waals surface area contributed by atoms with Crippen molar-refractivity contribution in [2.24, 2.45) is 0 Å². The van der Waals surface area contributed by atoms with Crippen molar-refractivity contribution in [2.45, 2.75) is 0 Å². The van der Waals surface area contributed by atoms with Gasteiger partial charge in [-0.1, -0.05) is 98.1 Å². The minimum Gasteiger partial charge on any atom is -0.217 e. The first-order valence-corrected chi connectivity index (χ1v) is 9.69. The molecule has 0 radical (unpaired) electrons. The number of hydrogen-bond donors (Lipinski definition) is 0. The van der Waals surface area contributed by atoms with Gasteiger partial charge < -0.3 is 0 Å². The predicted molar refractivity (Wildman–Crippen MR) is 125 cm³/mol. The number of benzene rings is 3. The molecule has 0 N–H and O–H groups in total. The minimum absolute atomic E-state index is 0.633. The van der Waals surface area contributed by atoms with Crippen molar-refractivity contribution in [3.63, 3.8) is 0 Å². The second kappa shape index (κ2) is 8.93. The zero-order valence-corrected chi connectivity index (χ0v) is 16.6. The summed E-state index contributed by atoms with van der Waals surface area (Å²) in [6.45, 7) is 7.66. The third kappa shape index (κ3) is 4.15. The molecule has 0 saturated heterocycles. The van der Waals surface area contributed by atoms with Gasteiger partial charge >= 0.3 is 0 Å². The topological polar surface area (TPSA) is 38.7 Å². The van der Waals surface area contributed by atoms with E-state index in [-0.39, 0.29) is 0 Å². The Morgan fingerprint density at radius 2 is 1.30 bits per heavy atom. The van der Waals surface area contributed by atoms with Crippen LogP contribution in [0.3, 0.4) is 0 Å². The Hall–Kier alpha value is -4.11. The average molecular weight is 387 g/mol. The van der Waals surface area contributed by atoms with Gasteiger partial charge in [0, 0.05) is 11.1 Å². The Labute approximate surface area is 176 Å². The van der Waals surface area contributed by atoms with E-state index in [9.17, 15) is 0 Å². The summed E-state index contributed by atoms with van der Waals surface area (Å²) >= 11 is 0. The van der Waals surface area contributed by atoms with E-state index in [2.05, 4.69) is 53.5 Å². The summed E-state index contributed by atoms with van der Waals surface area (Å²) < 4.78 is 0. The van der Waals surface area contributed by atoms with Crippen LogP contribution in [0, 0.1) is 0 Å². The molecule has 0 amide bonds. The first-order chi connectivity index (χ1) is 14.8. The van der Waals surface area contributed by atoms with Crippen LogP contribution < -0.4 is 0 Å². The summed E-state index contributed by atoms with van der Waals surface area (Å²) in [7, 11) is 0. The van der Waals surface area contributed by atoms with Gasteiger partial charge in [-0.2, -0.15) is 0 Å². The number of nitrogens with zero attached hydrogens (tertiary/aromatic N) is 3. The molecule has 0 atom stereocenters. The number of allylic oxidation sites excluding steroid dienone is 4. The number of aromatic nitrogens is 3. The molecule has 4 rings (SSSR count). The Morgan fingerprint density at radius 3 is 2.00 bits per heavy atom. The van der Waals surface area contributed by atoms with Crippen molar-refractivity contribution in [1.82, 2.24) is 15.0 Å². The van der Waals surface area contributed by atoms with Crippen LogP contribution in [-0.2, 0) is 0 Å². The molecule has 0 aliphatic rings. The van der Waals surface area contributed by atoms with Crippen molar-refractivity contribution in [2.75, 3.05) is 0 Å². The normalized spacial score (nSPS) is 11.1. The second-order valence-electron chi connectivity index (χ2n) is 6.72. The lowest BCUT2D eigenvalue weighted by molar-refractivity contribution is 1.06. The molecule has 3 nitrogen and oxygen atoms in total. The van der Waals surface area contributed by atoms with Crippen LogP contribution in [0.15, 0.2) is 117 Å². The molecule has 0 saturated carbocycles. The second-order valence-corrected chi connectivity index (χ2v) is 6.72. The van der Waals surface area contributed by atoms with Gasteiger partial charge in [0.1, 0.15) is 6.33 Å². The molecule has 0 bridgehead atoms. The lowest BCUT2D eigenvalue weighted by Crippen LogP contribution is -1.96. The molecule has 3 aromatic carbocycles. The molecule has 0 aliphatic carbocycles. The Morgan fingerprint density at radius 1 is 0.667 bits per heavy atom. The van der Waals surface area contributed by atoms with Gasteiger partial charge in [0.05, 0.1) is 0 Å². The highest BCUT2D eigenvalue weighted by atomic mass is 15.0. The highest BCUT2D eigenvalue weighted by Crippen LogP contribution is 2.26. The number of hydrogen-bond acceptors (Lipinski definition) is 3. The summed E-state index contributed by atoms with van der Waals surface area (Å²) in [6.07, 6.45) is 7.06. The van der Waals surface area contributed by atoms with E-state index >= 15 is 0 Å². The standard InChI is InChI=1S/C27H21N3/c1-3-10-20(4-2)22-13-8-15-24(17-22)26-28-19-29-27(30-26)25-16-9-14-23(18-25)21-11-6-5-7-12-21/h3-19H,1-2H2/b20-10+. The van der Waals surface area contributed by atoms with Crippen LogP contribution in [-0.4, -0.2) is 15.0 Å². The van der Waals surface area contributed by atoms with Crippen LogP contribution >= 0.6 is 0 Å². The Balaban J connectivity index is 1.72. The summed E-state index contributed by atoms with van der Waals surface area (Å²) in [4.78, 5) is 13.5. The van der Waals surface area contributed by atoms with E-state index in [0.29, 0.717) is 11.6 Å². The van der Waals surface area contributed by atoms with E-state index < -0.39 is 0 Å². The first-order valence-electron chi connectivity index (χ1n) is 9.69. The molecule has 1 heterocycles. The molecule has 0 spiro atoms. The van der Waals surface area contributed by atoms with Gasteiger partial charge in [0.2, 0.25) is 0 Å². The van der Waals surface area contributed by atoms with Crippen LogP contribution in [0.4, 0.5) is 0 Å². The Bertz CT molecular complexity index is 1220.